The topological polar surface area (TPSA) is 74.6 Å². The van der Waals surface area contributed by atoms with E-state index >= 15 is 0 Å². The molecule has 8 atom stereocenters. The minimum absolute atomic E-state index is 0.0108. The highest BCUT2D eigenvalue weighted by atomic mass is 35.5. The lowest BCUT2D eigenvalue weighted by Crippen LogP contribution is -2.62. The number of allylic oxidation sites excluding steroid dienone is 4. The minimum Gasteiger partial charge on any atom is -0.393 e. The van der Waals surface area contributed by atoms with E-state index < -0.39 is 17.1 Å². The van der Waals surface area contributed by atoms with Gasteiger partial charge in [-0.3, -0.25) is 9.59 Å². The number of aliphatic hydroxyl groups excluding tert-OH is 1. The third-order valence-electron chi connectivity index (χ3n) is 9.77. The monoisotopic (exact) mass is 534 g/mol. The molecule has 0 aromatic heterocycles. The van der Waals surface area contributed by atoms with Crippen LogP contribution in [0.4, 0.5) is 0 Å². The minimum atomic E-state index is -1.54. The summed E-state index contributed by atoms with van der Waals surface area (Å²) in [6, 6.07) is 5.24. The summed E-state index contributed by atoms with van der Waals surface area (Å²) >= 11 is 13.9. The summed E-state index contributed by atoms with van der Waals surface area (Å²) in [5.41, 5.74) is -1.55. The van der Waals surface area contributed by atoms with Gasteiger partial charge in [-0.2, -0.15) is 0 Å². The summed E-state index contributed by atoms with van der Waals surface area (Å²) in [5.74, 6) is -0.148. The molecule has 0 saturated heterocycles. The van der Waals surface area contributed by atoms with E-state index in [0.29, 0.717) is 21.4 Å². The van der Waals surface area contributed by atoms with Gasteiger partial charge in [-0.1, -0.05) is 61.7 Å². The molecule has 7 heteroatoms. The summed E-state index contributed by atoms with van der Waals surface area (Å²) in [6.07, 6.45) is 7.41. The van der Waals surface area contributed by atoms with E-state index in [1.54, 1.807) is 30.4 Å². The predicted octanol–water partition coefficient (Wildman–Crippen LogP) is 5.91. The summed E-state index contributed by atoms with van der Waals surface area (Å²) in [7, 11) is 0. The van der Waals surface area contributed by atoms with Crippen molar-refractivity contribution in [2.45, 2.75) is 63.1 Å². The second-order valence-electron chi connectivity index (χ2n) is 11.4. The number of fused-ring (bicyclic) bond motifs is 5. The molecule has 3 saturated carbocycles. The van der Waals surface area contributed by atoms with Gasteiger partial charge in [0.25, 0.3) is 0 Å². The Balaban J connectivity index is 1.45. The van der Waals surface area contributed by atoms with E-state index in [2.05, 4.69) is 6.92 Å². The maximum atomic E-state index is 13.7. The van der Waals surface area contributed by atoms with Crippen LogP contribution in [0.5, 0.6) is 0 Å². The van der Waals surface area contributed by atoms with Gasteiger partial charge in [-0.05, 0) is 67.7 Å². The van der Waals surface area contributed by atoms with E-state index in [9.17, 15) is 19.8 Å². The van der Waals surface area contributed by atoms with Crippen molar-refractivity contribution in [1.29, 1.82) is 0 Å². The first-order valence-corrected chi connectivity index (χ1v) is 14.1. The molecule has 4 nitrogen and oxygen atoms in total. The second-order valence-corrected chi connectivity index (χ2v) is 13.2. The molecule has 0 heterocycles. The molecule has 0 radical (unpaired) electrons. The zero-order valence-electron chi connectivity index (χ0n) is 20.3. The van der Waals surface area contributed by atoms with Crippen molar-refractivity contribution in [3.8, 4) is 0 Å². The van der Waals surface area contributed by atoms with Crippen molar-refractivity contribution in [1.82, 2.24) is 0 Å². The first kappa shape index (κ1) is 25.5. The highest BCUT2D eigenvalue weighted by molar-refractivity contribution is 8.00. The highest BCUT2D eigenvalue weighted by Crippen LogP contribution is 2.68. The average molecular weight is 536 g/mol. The van der Waals surface area contributed by atoms with Crippen molar-refractivity contribution in [3.05, 3.63) is 52.0 Å². The van der Waals surface area contributed by atoms with Crippen LogP contribution in [-0.4, -0.2) is 39.2 Å². The lowest BCUT2D eigenvalue weighted by Gasteiger charge is -2.59. The molecule has 3 fully saturated rings. The Morgan fingerprint density at radius 3 is 2.60 bits per heavy atom. The fraction of sp³-hybridized carbons (Fsp3) is 0.571. The Hall–Kier alpha value is -1.11. The maximum Gasteiger partial charge on any atom is 0.178 e. The number of carbonyl (C=O) groups is 2. The SMILES string of the molecule is C[C@@H]1CC2C3CCC4=CC(=O)C=CC4(C)C3[C@@H](O)CC2(C)[C@@]1(O)C(=O)CSc1c(Cl)cccc1Cl. The van der Waals surface area contributed by atoms with Gasteiger partial charge in [0, 0.05) is 21.6 Å². The lowest BCUT2D eigenvalue weighted by molar-refractivity contribution is -0.179. The van der Waals surface area contributed by atoms with Crippen LogP contribution < -0.4 is 0 Å². The van der Waals surface area contributed by atoms with E-state index in [1.807, 2.05) is 19.9 Å². The average Bonchev–Trinajstić information content (AvgIpc) is 3.00. The van der Waals surface area contributed by atoms with E-state index in [0.717, 1.165) is 24.8 Å². The van der Waals surface area contributed by atoms with Crippen LogP contribution >= 0.6 is 35.0 Å². The molecular formula is C28H32Cl2O4S. The number of thioether (sulfide) groups is 1. The van der Waals surface area contributed by atoms with Crippen LogP contribution in [0.15, 0.2) is 46.9 Å². The third kappa shape index (κ3) is 3.64. The lowest BCUT2D eigenvalue weighted by atomic mass is 9.46. The van der Waals surface area contributed by atoms with Gasteiger partial charge in [0.05, 0.1) is 21.9 Å². The standard InChI is InChI=1S/C28H32Cl2O4S/c1-15-11-19-18-8-7-16-12-17(31)9-10-26(16,2)24(18)22(32)13-27(19,3)28(15,34)23(33)14-35-25-20(29)5-4-6-21(25)30/h4-6,9-10,12,15,18-19,22,24,32,34H,7-8,11,13-14H2,1-3H3/t15-,18?,19?,22+,24?,26?,27?,28+/m1/s1. The molecule has 4 aliphatic carbocycles. The van der Waals surface area contributed by atoms with Crippen LogP contribution in [0.1, 0.15) is 46.5 Å². The molecule has 0 bridgehead atoms. The van der Waals surface area contributed by atoms with Crippen LogP contribution in [0.3, 0.4) is 0 Å². The fourth-order valence-corrected chi connectivity index (χ4v) is 9.75. The molecule has 2 N–H and O–H groups in total. The van der Waals surface area contributed by atoms with Gasteiger partial charge in [0.15, 0.2) is 11.6 Å². The highest BCUT2D eigenvalue weighted by Gasteiger charge is 2.70. The fourth-order valence-electron chi connectivity index (χ4n) is 8.12. The molecule has 1 aromatic rings. The zero-order chi connectivity index (χ0) is 25.3. The number of halogens is 2. The van der Waals surface area contributed by atoms with Gasteiger partial charge in [0.1, 0.15) is 5.60 Å². The Kier molecular flexibility index (Phi) is 6.37. The van der Waals surface area contributed by atoms with Gasteiger partial charge in [-0.25, -0.2) is 0 Å². The smallest absolute Gasteiger partial charge is 0.178 e. The molecule has 0 amide bonds. The van der Waals surface area contributed by atoms with Crippen molar-refractivity contribution in [3.63, 3.8) is 0 Å². The van der Waals surface area contributed by atoms with E-state index in [1.165, 1.54) is 11.8 Å². The van der Waals surface area contributed by atoms with Crippen LogP contribution in [-0.2, 0) is 9.59 Å². The van der Waals surface area contributed by atoms with Gasteiger partial charge < -0.3 is 10.2 Å². The van der Waals surface area contributed by atoms with E-state index in [-0.39, 0.29) is 46.4 Å². The van der Waals surface area contributed by atoms with Gasteiger partial charge >= 0.3 is 0 Å². The molecular weight excluding hydrogens is 503 g/mol. The van der Waals surface area contributed by atoms with Crippen LogP contribution in [0.25, 0.3) is 0 Å². The zero-order valence-corrected chi connectivity index (χ0v) is 22.6. The third-order valence-corrected chi connectivity index (χ3v) is 11.8. The number of aliphatic hydroxyl groups is 2. The molecule has 0 spiro atoms. The summed E-state index contributed by atoms with van der Waals surface area (Å²) in [5, 5.41) is 24.7. The number of rotatable bonds is 4. The summed E-state index contributed by atoms with van der Waals surface area (Å²) in [4.78, 5) is 26.4. The van der Waals surface area contributed by atoms with Gasteiger partial charge in [0.2, 0.25) is 0 Å². The van der Waals surface area contributed by atoms with Gasteiger partial charge in [-0.15, -0.1) is 11.8 Å². The molecule has 5 rings (SSSR count). The number of hydrogen-bond acceptors (Lipinski definition) is 5. The predicted molar refractivity (Wildman–Crippen MR) is 140 cm³/mol. The van der Waals surface area contributed by atoms with Crippen molar-refractivity contribution in [2.75, 3.05) is 5.75 Å². The van der Waals surface area contributed by atoms with Crippen molar-refractivity contribution in [2.24, 2.45) is 34.5 Å². The number of carbonyl (C=O) groups excluding carboxylic acids is 2. The number of hydrogen-bond donors (Lipinski definition) is 2. The number of ketones is 2. The summed E-state index contributed by atoms with van der Waals surface area (Å²) in [6.45, 7) is 6.09. The Labute approximate surface area is 221 Å². The first-order valence-electron chi connectivity index (χ1n) is 12.4. The molecule has 188 valence electrons. The number of benzene rings is 1. The normalized spacial score (nSPS) is 42.2. The first-order chi connectivity index (χ1) is 16.4. The maximum absolute atomic E-state index is 13.7. The van der Waals surface area contributed by atoms with E-state index in [4.69, 9.17) is 23.2 Å². The van der Waals surface area contributed by atoms with Crippen molar-refractivity contribution < 1.29 is 19.8 Å². The Morgan fingerprint density at radius 2 is 1.91 bits per heavy atom. The molecule has 1 aromatic carbocycles. The summed E-state index contributed by atoms with van der Waals surface area (Å²) < 4.78 is 0. The molecule has 4 aliphatic rings. The largest absolute Gasteiger partial charge is 0.393 e. The molecule has 35 heavy (non-hydrogen) atoms. The Bertz CT molecular complexity index is 1130. The van der Waals surface area contributed by atoms with Crippen molar-refractivity contribution >= 4 is 46.5 Å². The molecule has 0 aliphatic heterocycles. The second kappa shape index (κ2) is 8.73. The quantitative estimate of drug-likeness (QED) is 0.469. The van der Waals surface area contributed by atoms with Crippen LogP contribution in [0.2, 0.25) is 10.0 Å². The van der Waals surface area contributed by atoms with Crippen LogP contribution in [0, 0.1) is 34.5 Å². The number of Topliss-reactive ketones (excluding diaryl/α,β-unsaturated/α-hetero) is 1. The molecule has 5 unspecified atom stereocenters. The Morgan fingerprint density at radius 1 is 1.23 bits per heavy atom.